The van der Waals surface area contributed by atoms with Gasteiger partial charge in [-0.1, -0.05) is 32.3 Å². The van der Waals surface area contributed by atoms with Crippen molar-refractivity contribution in [2.75, 3.05) is 19.6 Å². The minimum absolute atomic E-state index is 0.0523. The van der Waals surface area contributed by atoms with Crippen molar-refractivity contribution < 1.29 is 0 Å². The lowest BCUT2D eigenvalue weighted by atomic mass is 10.0. The van der Waals surface area contributed by atoms with Crippen molar-refractivity contribution in [1.82, 2.24) is 9.88 Å². The number of likely N-dealkylation sites (tertiary alicyclic amines) is 1. The molecule has 1 fully saturated rings. The number of aromatic amines is 1. The Hall–Kier alpha value is -1.61. The van der Waals surface area contributed by atoms with Crippen molar-refractivity contribution in [3.05, 3.63) is 45.7 Å². The summed E-state index contributed by atoms with van der Waals surface area (Å²) in [7, 11) is 0. The summed E-state index contributed by atoms with van der Waals surface area (Å²) in [5, 5.41) is 1.17. The summed E-state index contributed by atoms with van der Waals surface area (Å²) in [5.74, 6) is 0. The standard InChI is InChI=1S/C22H32N2O/c1-2-19-17-20-16-18(11-12-21(20)23-22(19)25)10-6-3-4-7-13-24-14-8-5-9-15-24/h11-12,16-17H,2-10,13-15H2,1H3,(H,23,25). The van der Waals surface area contributed by atoms with Crippen LogP contribution in [0.3, 0.4) is 0 Å². The summed E-state index contributed by atoms with van der Waals surface area (Å²) in [6, 6.07) is 8.52. The smallest absolute Gasteiger partial charge is 0.251 e. The Bertz CT molecular complexity index is 728. The van der Waals surface area contributed by atoms with Gasteiger partial charge in [-0.05, 0) is 87.3 Å². The average Bonchev–Trinajstić information content (AvgIpc) is 2.65. The number of aryl methyl sites for hydroxylation is 2. The molecule has 2 heterocycles. The fraction of sp³-hybridized carbons (Fsp3) is 0.591. The highest BCUT2D eigenvalue weighted by Crippen LogP contribution is 2.17. The second-order valence-corrected chi connectivity index (χ2v) is 7.47. The van der Waals surface area contributed by atoms with E-state index in [4.69, 9.17) is 0 Å². The van der Waals surface area contributed by atoms with E-state index in [1.165, 1.54) is 75.5 Å². The highest BCUT2D eigenvalue weighted by Gasteiger charge is 2.08. The SMILES string of the molecule is CCc1cc2cc(CCCCCCN3CCCCC3)ccc2[nH]c1=O. The fourth-order valence-corrected chi connectivity index (χ4v) is 3.92. The van der Waals surface area contributed by atoms with E-state index in [9.17, 15) is 4.79 Å². The van der Waals surface area contributed by atoms with Crippen molar-refractivity contribution in [1.29, 1.82) is 0 Å². The number of benzene rings is 1. The highest BCUT2D eigenvalue weighted by atomic mass is 16.1. The molecule has 3 heteroatoms. The summed E-state index contributed by atoms with van der Waals surface area (Å²) in [4.78, 5) is 17.5. The van der Waals surface area contributed by atoms with Crippen LogP contribution in [-0.2, 0) is 12.8 Å². The monoisotopic (exact) mass is 340 g/mol. The molecule has 0 radical (unpaired) electrons. The molecule has 25 heavy (non-hydrogen) atoms. The molecule has 136 valence electrons. The zero-order valence-electron chi connectivity index (χ0n) is 15.7. The van der Waals surface area contributed by atoms with Crippen LogP contribution < -0.4 is 5.56 Å². The lowest BCUT2D eigenvalue weighted by molar-refractivity contribution is 0.224. The summed E-state index contributed by atoms with van der Waals surface area (Å²) in [5.41, 5.74) is 3.27. The van der Waals surface area contributed by atoms with E-state index in [0.29, 0.717) is 0 Å². The van der Waals surface area contributed by atoms with Crippen LogP contribution in [0.5, 0.6) is 0 Å². The molecule has 0 spiro atoms. The van der Waals surface area contributed by atoms with Crippen LogP contribution in [0.1, 0.15) is 63.0 Å². The van der Waals surface area contributed by atoms with Gasteiger partial charge in [0.2, 0.25) is 0 Å². The van der Waals surface area contributed by atoms with E-state index < -0.39 is 0 Å². The number of nitrogens with zero attached hydrogens (tertiary/aromatic N) is 1. The summed E-state index contributed by atoms with van der Waals surface area (Å²) in [6.07, 6.45) is 11.4. The molecule has 0 aliphatic carbocycles. The van der Waals surface area contributed by atoms with Crippen molar-refractivity contribution in [3.8, 4) is 0 Å². The quantitative estimate of drug-likeness (QED) is 0.708. The first-order valence-electron chi connectivity index (χ1n) is 10.1. The van der Waals surface area contributed by atoms with Crippen molar-refractivity contribution in [2.45, 2.75) is 64.7 Å². The zero-order chi connectivity index (χ0) is 17.5. The molecular weight excluding hydrogens is 308 g/mol. The molecule has 0 unspecified atom stereocenters. The summed E-state index contributed by atoms with van der Waals surface area (Å²) < 4.78 is 0. The number of piperidine rings is 1. The third-order valence-electron chi connectivity index (χ3n) is 5.50. The average molecular weight is 341 g/mol. The van der Waals surface area contributed by atoms with Gasteiger partial charge >= 0.3 is 0 Å². The van der Waals surface area contributed by atoms with Gasteiger partial charge in [0.1, 0.15) is 0 Å². The number of H-pyrrole nitrogens is 1. The second kappa shape index (κ2) is 9.19. The molecule has 0 bridgehead atoms. The molecule has 0 saturated carbocycles. The minimum atomic E-state index is 0.0523. The molecule has 1 aliphatic rings. The van der Waals surface area contributed by atoms with Gasteiger partial charge in [0.15, 0.2) is 0 Å². The summed E-state index contributed by atoms with van der Waals surface area (Å²) >= 11 is 0. The van der Waals surface area contributed by atoms with Gasteiger partial charge in [-0.2, -0.15) is 0 Å². The zero-order valence-corrected chi connectivity index (χ0v) is 15.7. The first-order chi connectivity index (χ1) is 12.3. The van der Waals surface area contributed by atoms with E-state index >= 15 is 0 Å². The van der Waals surface area contributed by atoms with Crippen LogP contribution in [-0.4, -0.2) is 29.5 Å². The van der Waals surface area contributed by atoms with Crippen LogP contribution in [0.25, 0.3) is 10.9 Å². The molecule has 0 amide bonds. The number of nitrogens with one attached hydrogen (secondary N) is 1. The molecule has 3 nitrogen and oxygen atoms in total. The number of hydrogen-bond acceptors (Lipinski definition) is 2. The highest BCUT2D eigenvalue weighted by molar-refractivity contribution is 5.79. The van der Waals surface area contributed by atoms with Crippen LogP contribution in [0, 0.1) is 0 Å². The van der Waals surface area contributed by atoms with E-state index in [2.05, 4.69) is 34.1 Å². The van der Waals surface area contributed by atoms with Crippen LogP contribution in [0.15, 0.2) is 29.1 Å². The first-order valence-corrected chi connectivity index (χ1v) is 10.1. The fourth-order valence-electron chi connectivity index (χ4n) is 3.92. The maximum atomic E-state index is 11.9. The first kappa shape index (κ1) is 18.2. The Morgan fingerprint density at radius 3 is 2.60 bits per heavy atom. The van der Waals surface area contributed by atoms with Gasteiger partial charge in [-0.15, -0.1) is 0 Å². The van der Waals surface area contributed by atoms with Crippen LogP contribution in [0.4, 0.5) is 0 Å². The third-order valence-corrected chi connectivity index (χ3v) is 5.50. The topological polar surface area (TPSA) is 36.1 Å². The normalized spacial score (nSPS) is 15.7. The van der Waals surface area contributed by atoms with Crippen molar-refractivity contribution in [2.24, 2.45) is 0 Å². The van der Waals surface area contributed by atoms with Gasteiger partial charge < -0.3 is 9.88 Å². The van der Waals surface area contributed by atoms with Gasteiger partial charge in [-0.25, -0.2) is 0 Å². The van der Waals surface area contributed by atoms with Crippen molar-refractivity contribution in [3.63, 3.8) is 0 Å². The van der Waals surface area contributed by atoms with Crippen molar-refractivity contribution >= 4 is 10.9 Å². The third kappa shape index (κ3) is 5.18. The predicted octanol–water partition coefficient (Wildman–Crippen LogP) is 4.68. The molecule has 1 aromatic heterocycles. The number of hydrogen-bond donors (Lipinski definition) is 1. The molecule has 1 saturated heterocycles. The Kier molecular flexibility index (Phi) is 6.69. The predicted molar refractivity (Wildman–Crippen MR) is 106 cm³/mol. The lowest BCUT2D eigenvalue weighted by Crippen LogP contribution is -2.30. The number of aromatic nitrogens is 1. The van der Waals surface area contributed by atoms with E-state index in [0.717, 1.165) is 23.9 Å². The Labute approximate surface area is 151 Å². The molecule has 2 aromatic rings. The van der Waals surface area contributed by atoms with Gasteiger partial charge in [0, 0.05) is 11.1 Å². The van der Waals surface area contributed by atoms with E-state index in [-0.39, 0.29) is 5.56 Å². The van der Waals surface area contributed by atoms with Gasteiger partial charge in [-0.3, -0.25) is 4.79 Å². The Morgan fingerprint density at radius 2 is 1.80 bits per heavy atom. The summed E-state index contributed by atoms with van der Waals surface area (Å²) in [6.45, 7) is 5.96. The van der Waals surface area contributed by atoms with E-state index in [1.807, 2.05) is 6.92 Å². The second-order valence-electron chi connectivity index (χ2n) is 7.47. The number of unbranched alkanes of at least 4 members (excludes halogenated alkanes) is 3. The molecule has 3 rings (SSSR count). The number of fused-ring (bicyclic) bond motifs is 1. The molecule has 1 aromatic carbocycles. The number of rotatable bonds is 8. The maximum absolute atomic E-state index is 11.9. The Morgan fingerprint density at radius 1 is 1.00 bits per heavy atom. The number of pyridine rings is 1. The van der Waals surface area contributed by atoms with Crippen LogP contribution >= 0.6 is 0 Å². The molecule has 1 aliphatic heterocycles. The molecule has 1 N–H and O–H groups in total. The maximum Gasteiger partial charge on any atom is 0.251 e. The van der Waals surface area contributed by atoms with E-state index in [1.54, 1.807) is 0 Å². The molecular formula is C22H32N2O. The lowest BCUT2D eigenvalue weighted by Gasteiger charge is -2.26. The van der Waals surface area contributed by atoms with Crippen LogP contribution in [0.2, 0.25) is 0 Å². The largest absolute Gasteiger partial charge is 0.322 e. The minimum Gasteiger partial charge on any atom is -0.322 e. The Balaban J connectivity index is 1.43. The van der Waals surface area contributed by atoms with Gasteiger partial charge in [0.05, 0.1) is 0 Å². The molecule has 0 atom stereocenters. The van der Waals surface area contributed by atoms with Gasteiger partial charge in [0.25, 0.3) is 5.56 Å².